The minimum Gasteiger partial charge on any atom is -0.314 e. The fourth-order valence-corrected chi connectivity index (χ4v) is 3.70. The number of likely N-dealkylation sites (N-methyl/N-ethyl adjacent to an activating group) is 1. The molecule has 0 heterocycles. The van der Waals surface area contributed by atoms with Crippen LogP contribution in [0.25, 0.3) is 0 Å². The molecule has 112 valence electrons. The molecular formula is C17H25BrFN. The molecule has 0 radical (unpaired) electrons. The third kappa shape index (κ3) is 4.29. The lowest BCUT2D eigenvalue weighted by Gasteiger charge is -2.33. The molecule has 0 aromatic heterocycles. The van der Waals surface area contributed by atoms with Crippen molar-refractivity contribution in [2.75, 3.05) is 6.54 Å². The Morgan fingerprint density at radius 1 is 1.30 bits per heavy atom. The van der Waals surface area contributed by atoms with Gasteiger partial charge in [-0.05, 0) is 61.4 Å². The minimum atomic E-state index is -0.143. The van der Waals surface area contributed by atoms with Crippen molar-refractivity contribution in [3.63, 3.8) is 0 Å². The number of benzene rings is 1. The Bertz CT molecular complexity index is 427. The molecule has 0 bridgehead atoms. The van der Waals surface area contributed by atoms with Gasteiger partial charge in [-0.25, -0.2) is 4.39 Å². The highest BCUT2D eigenvalue weighted by Crippen LogP contribution is 2.32. The Kier molecular flexibility index (Phi) is 6.03. The van der Waals surface area contributed by atoms with Crippen LogP contribution in [0.4, 0.5) is 4.39 Å². The van der Waals surface area contributed by atoms with E-state index < -0.39 is 0 Å². The number of nitrogens with one attached hydrogen (secondary N) is 1. The normalized spacial score (nSPS) is 24.6. The molecule has 1 aliphatic carbocycles. The van der Waals surface area contributed by atoms with Gasteiger partial charge < -0.3 is 5.32 Å². The number of hydrogen-bond donors (Lipinski definition) is 1. The van der Waals surface area contributed by atoms with Crippen molar-refractivity contribution < 1.29 is 4.39 Å². The first-order chi connectivity index (χ1) is 9.60. The maximum Gasteiger partial charge on any atom is 0.123 e. The zero-order valence-corrected chi connectivity index (χ0v) is 14.0. The summed E-state index contributed by atoms with van der Waals surface area (Å²) >= 11 is 3.55. The molecule has 1 unspecified atom stereocenters. The van der Waals surface area contributed by atoms with Gasteiger partial charge in [0.1, 0.15) is 5.82 Å². The molecule has 1 aliphatic rings. The van der Waals surface area contributed by atoms with Crippen LogP contribution in [0, 0.1) is 17.7 Å². The van der Waals surface area contributed by atoms with Crippen molar-refractivity contribution in [1.29, 1.82) is 0 Å². The van der Waals surface area contributed by atoms with E-state index in [1.807, 2.05) is 6.07 Å². The van der Waals surface area contributed by atoms with Crippen molar-refractivity contribution >= 4 is 15.9 Å². The van der Waals surface area contributed by atoms with Crippen molar-refractivity contribution in [3.8, 4) is 0 Å². The summed E-state index contributed by atoms with van der Waals surface area (Å²) in [5.41, 5.74) is 1.08. The molecule has 1 aromatic rings. The van der Waals surface area contributed by atoms with E-state index in [-0.39, 0.29) is 5.82 Å². The summed E-state index contributed by atoms with van der Waals surface area (Å²) in [6, 6.07) is 5.46. The van der Waals surface area contributed by atoms with E-state index in [0.717, 1.165) is 34.8 Å². The largest absolute Gasteiger partial charge is 0.314 e. The molecule has 0 saturated heterocycles. The van der Waals surface area contributed by atoms with Gasteiger partial charge in [-0.1, -0.05) is 42.6 Å². The molecule has 20 heavy (non-hydrogen) atoms. The molecule has 3 heteroatoms. The van der Waals surface area contributed by atoms with Gasteiger partial charge in [-0.3, -0.25) is 0 Å². The highest BCUT2D eigenvalue weighted by molar-refractivity contribution is 9.10. The van der Waals surface area contributed by atoms with Gasteiger partial charge in [0, 0.05) is 10.5 Å². The topological polar surface area (TPSA) is 12.0 Å². The third-order valence-corrected chi connectivity index (χ3v) is 5.32. The summed E-state index contributed by atoms with van der Waals surface area (Å²) in [5, 5.41) is 3.62. The number of rotatable bonds is 5. The average Bonchev–Trinajstić information content (AvgIpc) is 2.43. The standard InChI is InChI=1S/C17H25BrFN/c1-3-20-17(13-6-4-12(2)5-7-13)11-14-10-15(19)8-9-16(14)18/h8-10,12-13,17,20H,3-7,11H2,1-2H3. The maximum absolute atomic E-state index is 13.4. The zero-order valence-electron chi connectivity index (χ0n) is 12.5. The van der Waals surface area contributed by atoms with E-state index in [1.54, 1.807) is 6.07 Å². The minimum absolute atomic E-state index is 0.143. The lowest BCUT2D eigenvalue weighted by molar-refractivity contribution is 0.230. The highest BCUT2D eigenvalue weighted by atomic mass is 79.9. The lowest BCUT2D eigenvalue weighted by atomic mass is 9.77. The summed E-state index contributed by atoms with van der Waals surface area (Å²) in [6.07, 6.45) is 6.16. The second kappa shape index (κ2) is 7.56. The van der Waals surface area contributed by atoms with Crippen LogP contribution in [0.5, 0.6) is 0 Å². The number of hydrogen-bond acceptors (Lipinski definition) is 1. The van der Waals surface area contributed by atoms with Gasteiger partial charge in [0.2, 0.25) is 0 Å². The molecule has 1 saturated carbocycles. The Morgan fingerprint density at radius 2 is 2.00 bits per heavy atom. The Hall–Kier alpha value is -0.410. The van der Waals surface area contributed by atoms with Crippen LogP contribution in [-0.4, -0.2) is 12.6 Å². The van der Waals surface area contributed by atoms with Crippen molar-refractivity contribution in [2.45, 2.75) is 52.0 Å². The smallest absolute Gasteiger partial charge is 0.123 e. The van der Waals surface area contributed by atoms with Gasteiger partial charge >= 0.3 is 0 Å². The van der Waals surface area contributed by atoms with Crippen molar-refractivity contribution in [1.82, 2.24) is 5.32 Å². The average molecular weight is 342 g/mol. The van der Waals surface area contributed by atoms with Crippen LogP contribution in [-0.2, 0) is 6.42 Å². The van der Waals surface area contributed by atoms with Crippen LogP contribution < -0.4 is 5.32 Å². The van der Waals surface area contributed by atoms with E-state index in [1.165, 1.54) is 31.7 Å². The van der Waals surface area contributed by atoms with Crippen LogP contribution in [0.3, 0.4) is 0 Å². The number of halogens is 2. The molecule has 1 aromatic carbocycles. The first-order valence-electron chi connectivity index (χ1n) is 7.77. The summed E-state index contributed by atoms with van der Waals surface area (Å²) in [4.78, 5) is 0. The molecule has 0 aliphatic heterocycles. The summed E-state index contributed by atoms with van der Waals surface area (Å²) in [7, 11) is 0. The fraction of sp³-hybridized carbons (Fsp3) is 0.647. The van der Waals surface area contributed by atoms with Crippen LogP contribution >= 0.6 is 15.9 Å². The molecular weight excluding hydrogens is 317 g/mol. The molecule has 0 amide bonds. The van der Waals surface area contributed by atoms with Crippen LogP contribution in [0.2, 0.25) is 0 Å². The molecule has 1 nitrogen and oxygen atoms in total. The summed E-state index contributed by atoms with van der Waals surface area (Å²) in [6.45, 7) is 5.48. The molecule has 1 atom stereocenters. The predicted molar refractivity (Wildman–Crippen MR) is 86.4 cm³/mol. The van der Waals surface area contributed by atoms with Crippen molar-refractivity contribution in [3.05, 3.63) is 34.1 Å². The zero-order chi connectivity index (χ0) is 14.5. The summed E-state index contributed by atoms with van der Waals surface area (Å²) < 4.78 is 14.5. The van der Waals surface area contributed by atoms with Gasteiger partial charge in [0.05, 0.1) is 0 Å². The maximum atomic E-state index is 13.4. The van der Waals surface area contributed by atoms with Crippen LogP contribution in [0.15, 0.2) is 22.7 Å². The predicted octanol–water partition coefficient (Wildman–Crippen LogP) is 4.94. The van der Waals surface area contributed by atoms with Crippen molar-refractivity contribution in [2.24, 2.45) is 11.8 Å². The molecule has 1 fully saturated rings. The second-order valence-electron chi connectivity index (χ2n) is 6.12. The first-order valence-corrected chi connectivity index (χ1v) is 8.56. The molecule has 0 spiro atoms. The Balaban J connectivity index is 2.06. The Morgan fingerprint density at radius 3 is 2.65 bits per heavy atom. The van der Waals surface area contributed by atoms with Gasteiger partial charge in [0.15, 0.2) is 0 Å². The van der Waals surface area contributed by atoms with E-state index in [0.29, 0.717) is 6.04 Å². The van der Waals surface area contributed by atoms with E-state index in [2.05, 4.69) is 35.1 Å². The van der Waals surface area contributed by atoms with E-state index in [4.69, 9.17) is 0 Å². The van der Waals surface area contributed by atoms with E-state index in [9.17, 15) is 4.39 Å². The highest BCUT2D eigenvalue weighted by Gasteiger charge is 2.26. The van der Waals surface area contributed by atoms with Crippen LogP contribution in [0.1, 0.15) is 45.1 Å². The first kappa shape index (κ1) is 16.0. The molecule has 2 rings (SSSR count). The third-order valence-electron chi connectivity index (χ3n) is 4.54. The lowest BCUT2D eigenvalue weighted by Crippen LogP contribution is -2.39. The molecule has 1 N–H and O–H groups in total. The second-order valence-corrected chi connectivity index (χ2v) is 6.98. The Labute approximate surface area is 130 Å². The van der Waals surface area contributed by atoms with Gasteiger partial charge in [-0.15, -0.1) is 0 Å². The quantitative estimate of drug-likeness (QED) is 0.800. The fourth-order valence-electron chi connectivity index (χ4n) is 3.29. The SMILES string of the molecule is CCNC(Cc1cc(F)ccc1Br)C1CCC(C)CC1. The van der Waals surface area contributed by atoms with E-state index >= 15 is 0 Å². The van der Waals surface area contributed by atoms with Gasteiger partial charge in [0.25, 0.3) is 0 Å². The monoisotopic (exact) mass is 341 g/mol. The van der Waals surface area contributed by atoms with Gasteiger partial charge in [-0.2, -0.15) is 0 Å². The summed E-state index contributed by atoms with van der Waals surface area (Å²) in [5.74, 6) is 1.45.